The summed E-state index contributed by atoms with van der Waals surface area (Å²) in [6.07, 6.45) is 1.50. The van der Waals surface area contributed by atoms with E-state index in [1.165, 1.54) is 6.08 Å². The molecule has 0 spiro atoms. The van der Waals surface area contributed by atoms with Gasteiger partial charge >= 0.3 is 0 Å². The van der Waals surface area contributed by atoms with Gasteiger partial charge in [-0.05, 0) is 30.2 Å². The molecule has 3 aromatic rings. The Morgan fingerprint density at radius 2 is 1.89 bits per heavy atom. The molecule has 1 N–H and O–H groups in total. The van der Waals surface area contributed by atoms with Crippen LogP contribution < -0.4 is 0 Å². The maximum absolute atomic E-state index is 9.22. The Labute approximate surface area is 110 Å². The Balaban J connectivity index is 2.09. The highest BCUT2D eigenvalue weighted by molar-refractivity contribution is 5.81. The van der Waals surface area contributed by atoms with Gasteiger partial charge in [0.1, 0.15) is 5.52 Å². The second-order valence-electron chi connectivity index (χ2n) is 4.39. The van der Waals surface area contributed by atoms with Crippen molar-refractivity contribution in [1.82, 2.24) is 4.98 Å². The van der Waals surface area contributed by atoms with E-state index >= 15 is 0 Å². The number of aliphatic hydroxyl groups excluding tert-OH is 1. The van der Waals surface area contributed by atoms with E-state index in [-0.39, 0.29) is 5.76 Å². The number of allylic oxidation sites excluding steroid dienone is 1. The van der Waals surface area contributed by atoms with E-state index in [1.807, 2.05) is 36.4 Å². The molecule has 0 atom stereocenters. The molecular weight excluding hydrogens is 238 g/mol. The third kappa shape index (κ3) is 2.36. The van der Waals surface area contributed by atoms with E-state index in [0.717, 1.165) is 16.6 Å². The molecule has 1 aromatic heterocycles. The van der Waals surface area contributed by atoms with Gasteiger partial charge in [-0.2, -0.15) is 0 Å². The Hall–Kier alpha value is -2.55. The van der Waals surface area contributed by atoms with Crippen molar-refractivity contribution in [2.45, 2.75) is 6.92 Å². The van der Waals surface area contributed by atoms with Gasteiger partial charge < -0.3 is 9.52 Å². The number of fused-ring (bicyclic) bond motifs is 1. The van der Waals surface area contributed by atoms with Crippen LogP contribution in [0.25, 0.3) is 28.3 Å². The van der Waals surface area contributed by atoms with Crippen LogP contribution in [-0.2, 0) is 0 Å². The van der Waals surface area contributed by atoms with E-state index in [4.69, 9.17) is 4.42 Å². The van der Waals surface area contributed by atoms with E-state index in [1.54, 1.807) is 6.92 Å². The van der Waals surface area contributed by atoms with Gasteiger partial charge in [0, 0.05) is 6.08 Å². The molecule has 0 fully saturated rings. The average molecular weight is 251 g/mol. The highest BCUT2D eigenvalue weighted by atomic mass is 16.3. The number of oxazole rings is 1. The number of nitrogens with zero attached hydrogens (tertiary/aromatic N) is 1. The summed E-state index contributed by atoms with van der Waals surface area (Å²) in [5.74, 6) is 0.593. The second kappa shape index (κ2) is 4.61. The van der Waals surface area contributed by atoms with Crippen molar-refractivity contribution >= 4 is 17.2 Å². The summed E-state index contributed by atoms with van der Waals surface area (Å²) in [5, 5.41) is 9.22. The Morgan fingerprint density at radius 1 is 1.11 bits per heavy atom. The lowest BCUT2D eigenvalue weighted by Crippen LogP contribution is -1.77. The molecule has 3 nitrogen and oxygen atoms in total. The molecule has 0 saturated heterocycles. The van der Waals surface area contributed by atoms with Gasteiger partial charge in [-0.1, -0.05) is 36.4 Å². The molecule has 3 rings (SSSR count). The minimum atomic E-state index is 0.176. The predicted molar refractivity (Wildman–Crippen MR) is 75.7 cm³/mol. The summed E-state index contributed by atoms with van der Waals surface area (Å²) in [5.41, 5.74) is 3.74. The molecule has 0 bridgehead atoms. The third-order valence-electron chi connectivity index (χ3n) is 2.84. The van der Waals surface area contributed by atoms with Crippen LogP contribution >= 0.6 is 0 Å². The van der Waals surface area contributed by atoms with E-state index in [9.17, 15) is 5.11 Å². The summed E-state index contributed by atoms with van der Waals surface area (Å²) in [4.78, 5) is 4.34. The van der Waals surface area contributed by atoms with Gasteiger partial charge in [-0.15, -0.1) is 0 Å². The average Bonchev–Trinajstić information content (AvgIpc) is 2.79. The molecule has 0 aliphatic carbocycles. The first-order chi connectivity index (χ1) is 9.22. The highest BCUT2D eigenvalue weighted by Gasteiger charge is 2.06. The second-order valence-corrected chi connectivity index (χ2v) is 4.39. The van der Waals surface area contributed by atoms with Gasteiger partial charge in [0.15, 0.2) is 5.58 Å². The van der Waals surface area contributed by atoms with Crippen LogP contribution in [-0.4, -0.2) is 10.1 Å². The number of hydrogen-bond donors (Lipinski definition) is 1. The number of benzene rings is 2. The zero-order valence-electron chi connectivity index (χ0n) is 10.5. The number of rotatable bonds is 2. The molecule has 94 valence electrons. The van der Waals surface area contributed by atoms with Crippen LogP contribution in [0.2, 0.25) is 0 Å². The maximum atomic E-state index is 9.22. The Kier molecular flexibility index (Phi) is 2.80. The number of hydrogen-bond acceptors (Lipinski definition) is 3. The molecule has 0 amide bonds. The molecule has 19 heavy (non-hydrogen) atoms. The van der Waals surface area contributed by atoms with E-state index in [2.05, 4.69) is 17.1 Å². The van der Waals surface area contributed by atoms with Crippen molar-refractivity contribution in [1.29, 1.82) is 0 Å². The smallest absolute Gasteiger partial charge is 0.223 e. The standard InChI is InChI=1S/C16H13NO2/c1-11(18)9-16-17-14-10-13(7-8-15(14)19-16)12-5-3-2-4-6-12/h2-10,18H,1H3/b11-9-. The van der Waals surface area contributed by atoms with E-state index < -0.39 is 0 Å². The van der Waals surface area contributed by atoms with Gasteiger partial charge in [0.2, 0.25) is 5.89 Å². The molecule has 0 radical (unpaired) electrons. The lowest BCUT2D eigenvalue weighted by atomic mass is 10.1. The molecular formula is C16H13NO2. The number of aliphatic hydroxyl groups is 1. The fourth-order valence-electron chi connectivity index (χ4n) is 2.00. The van der Waals surface area contributed by atoms with E-state index in [0.29, 0.717) is 11.5 Å². The third-order valence-corrected chi connectivity index (χ3v) is 2.84. The molecule has 0 aliphatic rings. The molecule has 3 heteroatoms. The first-order valence-corrected chi connectivity index (χ1v) is 6.06. The van der Waals surface area contributed by atoms with Gasteiger partial charge in [-0.3, -0.25) is 0 Å². The minimum absolute atomic E-state index is 0.176. The monoisotopic (exact) mass is 251 g/mol. The van der Waals surface area contributed by atoms with Crippen LogP contribution in [0.1, 0.15) is 12.8 Å². The molecule has 0 aliphatic heterocycles. The van der Waals surface area contributed by atoms with Crippen LogP contribution in [0.3, 0.4) is 0 Å². The first kappa shape index (κ1) is 11.5. The Bertz CT molecular complexity index is 738. The molecule has 2 aromatic carbocycles. The largest absolute Gasteiger partial charge is 0.512 e. The van der Waals surface area contributed by atoms with Crippen molar-refractivity contribution in [3.05, 3.63) is 60.2 Å². The Morgan fingerprint density at radius 3 is 2.63 bits per heavy atom. The summed E-state index contributed by atoms with van der Waals surface area (Å²) >= 11 is 0. The fourth-order valence-corrected chi connectivity index (χ4v) is 2.00. The molecule has 0 saturated carbocycles. The van der Waals surface area contributed by atoms with Crippen molar-refractivity contribution in [3.8, 4) is 11.1 Å². The van der Waals surface area contributed by atoms with Gasteiger partial charge in [0.25, 0.3) is 0 Å². The molecule has 1 heterocycles. The van der Waals surface area contributed by atoms with Crippen molar-refractivity contribution in [3.63, 3.8) is 0 Å². The van der Waals surface area contributed by atoms with Gasteiger partial charge in [-0.25, -0.2) is 4.98 Å². The van der Waals surface area contributed by atoms with Gasteiger partial charge in [0.05, 0.1) is 5.76 Å². The highest BCUT2D eigenvalue weighted by Crippen LogP contribution is 2.25. The zero-order chi connectivity index (χ0) is 13.2. The van der Waals surface area contributed by atoms with Crippen LogP contribution in [0, 0.1) is 0 Å². The molecule has 0 unspecified atom stereocenters. The summed E-state index contributed by atoms with van der Waals surface area (Å²) in [7, 11) is 0. The van der Waals surface area contributed by atoms with Crippen LogP contribution in [0.15, 0.2) is 58.7 Å². The topological polar surface area (TPSA) is 46.3 Å². The van der Waals surface area contributed by atoms with Crippen LogP contribution in [0.4, 0.5) is 0 Å². The summed E-state index contributed by atoms with van der Waals surface area (Å²) in [6.45, 7) is 1.59. The number of aromatic nitrogens is 1. The quantitative estimate of drug-likeness (QED) is 0.686. The fraction of sp³-hybridized carbons (Fsp3) is 0.0625. The maximum Gasteiger partial charge on any atom is 0.223 e. The normalized spacial score (nSPS) is 11.9. The van der Waals surface area contributed by atoms with Crippen molar-refractivity contribution in [2.24, 2.45) is 0 Å². The lowest BCUT2D eigenvalue weighted by molar-refractivity contribution is 0.417. The SMILES string of the molecule is C/C(O)=C/c1nc2cc(-c3ccccc3)ccc2o1. The minimum Gasteiger partial charge on any atom is -0.512 e. The van der Waals surface area contributed by atoms with Crippen molar-refractivity contribution < 1.29 is 9.52 Å². The first-order valence-electron chi connectivity index (χ1n) is 6.06. The van der Waals surface area contributed by atoms with Crippen LogP contribution in [0.5, 0.6) is 0 Å². The summed E-state index contributed by atoms with van der Waals surface area (Å²) < 4.78 is 5.52. The zero-order valence-corrected chi connectivity index (χ0v) is 10.5. The van der Waals surface area contributed by atoms with Crippen molar-refractivity contribution in [2.75, 3.05) is 0 Å². The summed E-state index contributed by atoms with van der Waals surface area (Å²) in [6, 6.07) is 16.0. The predicted octanol–water partition coefficient (Wildman–Crippen LogP) is 4.41. The lowest BCUT2D eigenvalue weighted by Gasteiger charge is -1.99.